The van der Waals surface area contributed by atoms with Gasteiger partial charge in [-0.2, -0.15) is 0 Å². The summed E-state index contributed by atoms with van der Waals surface area (Å²) in [5, 5.41) is 3.66. The van der Waals surface area contributed by atoms with Crippen molar-refractivity contribution in [1.82, 2.24) is 5.16 Å². The number of hydrogen-bond donors (Lipinski definition) is 1. The van der Waals surface area contributed by atoms with E-state index in [-0.39, 0.29) is 17.1 Å². The third-order valence-electron chi connectivity index (χ3n) is 3.01. The normalized spacial score (nSPS) is 10.8. The van der Waals surface area contributed by atoms with Gasteiger partial charge in [-0.15, -0.1) is 0 Å². The van der Waals surface area contributed by atoms with Crippen molar-refractivity contribution in [1.29, 1.82) is 0 Å². The summed E-state index contributed by atoms with van der Waals surface area (Å²) in [7, 11) is 0. The lowest BCUT2D eigenvalue weighted by Crippen LogP contribution is -1.90. The van der Waals surface area contributed by atoms with Gasteiger partial charge in [0.05, 0.1) is 11.1 Å². The molecule has 0 spiro atoms. The fourth-order valence-electron chi connectivity index (χ4n) is 2.08. The topological polar surface area (TPSA) is 52.0 Å². The average Bonchev–Trinajstić information content (AvgIpc) is 2.80. The molecule has 0 fully saturated rings. The summed E-state index contributed by atoms with van der Waals surface area (Å²) in [6, 6.07) is 10.3. The van der Waals surface area contributed by atoms with Crippen molar-refractivity contribution in [2.45, 2.75) is 0 Å². The SMILES string of the molecule is Nc1noc(-c2ccc(Br)cc2F)c1-c1cccc(F)c1. The van der Waals surface area contributed by atoms with Gasteiger partial charge < -0.3 is 10.3 Å². The van der Waals surface area contributed by atoms with Gasteiger partial charge in [-0.25, -0.2) is 8.78 Å². The Morgan fingerprint density at radius 3 is 2.62 bits per heavy atom. The molecule has 106 valence electrons. The first-order valence-corrected chi connectivity index (χ1v) is 6.82. The fourth-order valence-corrected chi connectivity index (χ4v) is 2.42. The van der Waals surface area contributed by atoms with E-state index >= 15 is 0 Å². The molecule has 2 N–H and O–H groups in total. The molecule has 0 aliphatic carbocycles. The molecule has 3 nitrogen and oxygen atoms in total. The summed E-state index contributed by atoms with van der Waals surface area (Å²) in [6.07, 6.45) is 0. The number of nitrogens with zero attached hydrogens (tertiary/aromatic N) is 1. The van der Waals surface area contributed by atoms with E-state index in [2.05, 4.69) is 21.1 Å². The van der Waals surface area contributed by atoms with Gasteiger partial charge in [0.25, 0.3) is 0 Å². The van der Waals surface area contributed by atoms with Crippen LogP contribution >= 0.6 is 15.9 Å². The molecule has 0 saturated carbocycles. The Kier molecular flexibility index (Phi) is 3.47. The Labute approximate surface area is 127 Å². The minimum Gasteiger partial charge on any atom is -0.380 e. The highest BCUT2D eigenvalue weighted by atomic mass is 79.9. The zero-order valence-corrected chi connectivity index (χ0v) is 12.2. The molecule has 0 bridgehead atoms. The van der Waals surface area contributed by atoms with E-state index in [1.807, 2.05) is 0 Å². The van der Waals surface area contributed by atoms with Crippen LogP contribution in [0.25, 0.3) is 22.5 Å². The maximum atomic E-state index is 14.1. The van der Waals surface area contributed by atoms with Crippen LogP contribution in [0.2, 0.25) is 0 Å². The molecule has 0 atom stereocenters. The van der Waals surface area contributed by atoms with E-state index in [4.69, 9.17) is 10.3 Å². The van der Waals surface area contributed by atoms with Crippen molar-refractivity contribution in [3.8, 4) is 22.5 Å². The van der Waals surface area contributed by atoms with Crippen molar-refractivity contribution in [2.75, 3.05) is 5.73 Å². The Balaban J connectivity index is 2.22. The lowest BCUT2D eigenvalue weighted by molar-refractivity contribution is 0.433. The first-order valence-electron chi connectivity index (χ1n) is 6.03. The average molecular weight is 351 g/mol. The molecule has 3 rings (SSSR count). The number of rotatable bonds is 2. The Hall–Kier alpha value is -2.21. The summed E-state index contributed by atoms with van der Waals surface area (Å²) >= 11 is 3.19. The summed E-state index contributed by atoms with van der Waals surface area (Å²) in [5.41, 5.74) is 6.84. The molecule has 0 aliphatic rings. The molecule has 0 saturated heterocycles. The summed E-state index contributed by atoms with van der Waals surface area (Å²) in [4.78, 5) is 0. The van der Waals surface area contributed by atoms with Crippen molar-refractivity contribution >= 4 is 21.7 Å². The van der Waals surface area contributed by atoms with Crippen LogP contribution in [0, 0.1) is 11.6 Å². The second kappa shape index (κ2) is 5.29. The van der Waals surface area contributed by atoms with E-state index in [1.165, 1.54) is 18.2 Å². The van der Waals surface area contributed by atoms with Crippen LogP contribution in [0.4, 0.5) is 14.6 Å². The first-order chi connectivity index (χ1) is 10.1. The lowest BCUT2D eigenvalue weighted by Gasteiger charge is -2.04. The predicted octanol–water partition coefficient (Wildman–Crippen LogP) is 4.63. The quantitative estimate of drug-likeness (QED) is 0.732. The minimum absolute atomic E-state index is 0.0814. The number of aromatic nitrogens is 1. The predicted molar refractivity (Wildman–Crippen MR) is 79.4 cm³/mol. The molecule has 1 aromatic heterocycles. The summed E-state index contributed by atoms with van der Waals surface area (Å²) in [5.74, 6) is -0.658. The maximum absolute atomic E-state index is 14.1. The molecule has 3 aromatic rings. The number of hydrogen-bond acceptors (Lipinski definition) is 3. The van der Waals surface area contributed by atoms with E-state index < -0.39 is 11.6 Å². The fraction of sp³-hybridized carbons (Fsp3) is 0. The van der Waals surface area contributed by atoms with Crippen LogP contribution in [0.3, 0.4) is 0 Å². The molecule has 21 heavy (non-hydrogen) atoms. The molecule has 1 heterocycles. The number of benzene rings is 2. The van der Waals surface area contributed by atoms with E-state index in [0.29, 0.717) is 15.6 Å². The molecular weight excluding hydrogens is 342 g/mol. The van der Waals surface area contributed by atoms with Gasteiger partial charge in [-0.1, -0.05) is 33.2 Å². The monoisotopic (exact) mass is 350 g/mol. The molecule has 6 heteroatoms. The third-order valence-corrected chi connectivity index (χ3v) is 3.50. The number of nitrogen functional groups attached to an aromatic ring is 1. The minimum atomic E-state index is -0.488. The molecule has 2 aromatic carbocycles. The molecule has 0 radical (unpaired) electrons. The van der Waals surface area contributed by atoms with E-state index in [0.717, 1.165) is 0 Å². The smallest absolute Gasteiger partial charge is 0.179 e. The van der Waals surface area contributed by atoms with Crippen LogP contribution in [0.15, 0.2) is 51.5 Å². The van der Waals surface area contributed by atoms with Gasteiger partial charge in [-0.05, 0) is 35.9 Å². The van der Waals surface area contributed by atoms with Gasteiger partial charge in [-0.3, -0.25) is 0 Å². The van der Waals surface area contributed by atoms with Crippen LogP contribution in [0.1, 0.15) is 0 Å². The van der Waals surface area contributed by atoms with Crippen LogP contribution < -0.4 is 5.73 Å². The van der Waals surface area contributed by atoms with Gasteiger partial charge in [0.1, 0.15) is 11.6 Å². The first kappa shape index (κ1) is 13.8. The third kappa shape index (κ3) is 2.54. The van der Waals surface area contributed by atoms with Gasteiger partial charge in [0.15, 0.2) is 11.6 Å². The number of halogens is 3. The highest BCUT2D eigenvalue weighted by Crippen LogP contribution is 2.38. The Morgan fingerprint density at radius 1 is 1.10 bits per heavy atom. The van der Waals surface area contributed by atoms with Crippen molar-refractivity contribution in [3.05, 3.63) is 58.6 Å². The zero-order valence-electron chi connectivity index (χ0n) is 10.6. The van der Waals surface area contributed by atoms with Crippen molar-refractivity contribution < 1.29 is 13.3 Å². The molecule has 0 aliphatic heterocycles. The summed E-state index contributed by atoms with van der Waals surface area (Å²) in [6.45, 7) is 0. The maximum Gasteiger partial charge on any atom is 0.179 e. The Bertz CT molecular complexity index is 817. The zero-order chi connectivity index (χ0) is 15.0. The van der Waals surface area contributed by atoms with E-state index in [1.54, 1.807) is 24.3 Å². The van der Waals surface area contributed by atoms with Crippen molar-refractivity contribution in [2.24, 2.45) is 0 Å². The largest absolute Gasteiger partial charge is 0.380 e. The highest BCUT2D eigenvalue weighted by Gasteiger charge is 2.20. The van der Waals surface area contributed by atoms with Gasteiger partial charge >= 0.3 is 0 Å². The second-order valence-corrected chi connectivity index (χ2v) is 5.32. The van der Waals surface area contributed by atoms with E-state index in [9.17, 15) is 8.78 Å². The van der Waals surface area contributed by atoms with Crippen molar-refractivity contribution in [3.63, 3.8) is 0 Å². The molecular formula is C15H9BrF2N2O. The van der Waals surface area contributed by atoms with Gasteiger partial charge in [0.2, 0.25) is 0 Å². The Morgan fingerprint density at radius 2 is 1.90 bits per heavy atom. The number of anilines is 1. The van der Waals surface area contributed by atoms with Crippen LogP contribution in [-0.4, -0.2) is 5.16 Å². The summed E-state index contributed by atoms with van der Waals surface area (Å²) < 4.78 is 33.2. The molecule has 0 unspecified atom stereocenters. The molecule has 0 amide bonds. The van der Waals surface area contributed by atoms with Gasteiger partial charge in [0, 0.05) is 4.47 Å². The second-order valence-electron chi connectivity index (χ2n) is 4.41. The van der Waals surface area contributed by atoms with Crippen LogP contribution in [-0.2, 0) is 0 Å². The highest BCUT2D eigenvalue weighted by molar-refractivity contribution is 9.10. The number of nitrogens with two attached hydrogens (primary N) is 1. The lowest BCUT2D eigenvalue weighted by atomic mass is 10.0. The standard InChI is InChI=1S/C15H9BrF2N2O/c16-9-4-5-11(12(18)7-9)14-13(15(19)20-21-14)8-2-1-3-10(17)6-8/h1-7H,(H2,19,20). The van der Waals surface area contributed by atoms with Crippen LogP contribution in [0.5, 0.6) is 0 Å².